The molecule has 1 saturated heterocycles. The van der Waals surface area contributed by atoms with Gasteiger partial charge < -0.3 is 9.73 Å². The maximum atomic E-state index is 13.5. The fraction of sp³-hybridized carbons (Fsp3) is 0.296. The number of carbonyl (C=O) groups is 1. The molecule has 1 amide bonds. The molecule has 1 N–H and O–H groups in total. The topological polar surface area (TPSA) is 87.1 Å². The molecule has 0 atom stereocenters. The number of aromatic nitrogens is 2. The van der Waals surface area contributed by atoms with E-state index >= 15 is 0 Å². The van der Waals surface area contributed by atoms with Crippen molar-refractivity contribution < 1.29 is 13.6 Å². The minimum atomic E-state index is -0.345. The van der Waals surface area contributed by atoms with Gasteiger partial charge in [0, 0.05) is 17.3 Å². The molecule has 1 fully saturated rings. The van der Waals surface area contributed by atoms with Crippen LogP contribution < -0.4 is 5.32 Å². The zero-order chi connectivity index (χ0) is 24.5. The van der Waals surface area contributed by atoms with Crippen LogP contribution in [0.15, 0.2) is 52.9 Å². The average molecular weight is 472 g/mol. The van der Waals surface area contributed by atoms with Gasteiger partial charge in [-0.25, -0.2) is 9.37 Å². The van der Waals surface area contributed by atoms with E-state index in [0.717, 1.165) is 54.2 Å². The van der Waals surface area contributed by atoms with Crippen LogP contribution in [0.3, 0.4) is 0 Å². The largest absolute Gasteiger partial charge is 0.440 e. The lowest BCUT2D eigenvalue weighted by molar-refractivity contribution is -0.117. The number of hydrogen-bond acceptors (Lipinski definition) is 5. The van der Waals surface area contributed by atoms with Crippen LogP contribution in [0.4, 0.5) is 10.2 Å². The predicted octanol–water partition coefficient (Wildman–Crippen LogP) is 5.06. The number of carbonyl (C=O) groups excluding carboxylic acids is 1. The van der Waals surface area contributed by atoms with Crippen LogP contribution >= 0.6 is 0 Å². The molecule has 4 aromatic rings. The summed E-state index contributed by atoms with van der Waals surface area (Å²) in [6, 6.07) is 16.0. The van der Waals surface area contributed by atoms with E-state index in [4.69, 9.17) is 4.42 Å². The van der Waals surface area contributed by atoms with E-state index < -0.39 is 0 Å². The van der Waals surface area contributed by atoms with Gasteiger partial charge in [0.05, 0.1) is 12.1 Å². The summed E-state index contributed by atoms with van der Waals surface area (Å²) >= 11 is 0. The molecular formula is C27H26FN5O2. The normalized spacial score (nSPS) is 14.8. The molecule has 1 aliphatic rings. The molecule has 0 unspecified atom stereocenters. The van der Waals surface area contributed by atoms with Crippen molar-refractivity contribution in [1.29, 1.82) is 5.26 Å². The molecule has 1 aliphatic heterocycles. The van der Waals surface area contributed by atoms with E-state index in [1.54, 1.807) is 16.7 Å². The third-order valence-corrected chi connectivity index (χ3v) is 6.78. The molecule has 0 saturated carbocycles. The lowest BCUT2D eigenvalue weighted by Crippen LogP contribution is -2.39. The molecular weight excluding hydrogens is 445 g/mol. The highest BCUT2D eigenvalue weighted by atomic mass is 19.1. The molecule has 0 aliphatic carbocycles. The van der Waals surface area contributed by atoms with Gasteiger partial charge in [0.1, 0.15) is 23.2 Å². The molecule has 8 heteroatoms. The molecule has 178 valence electrons. The first-order chi connectivity index (χ1) is 16.9. The molecule has 5 rings (SSSR count). The molecule has 2 aromatic heterocycles. The maximum Gasteiger partial charge on any atom is 0.239 e. The van der Waals surface area contributed by atoms with Gasteiger partial charge in [-0.3, -0.25) is 14.3 Å². The number of nitriles is 1. The number of para-hydroxylation sites is 2. The zero-order valence-corrected chi connectivity index (χ0v) is 19.7. The third kappa shape index (κ3) is 4.43. The van der Waals surface area contributed by atoms with Crippen molar-refractivity contribution in [3.8, 4) is 11.8 Å². The highest BCUT2D eigenvalue weighted by Gasteiger charge is 2.27. The van der Waals surface area contributed by atoms with Crippen LogP contribution in [0.5, 0.6) is 0 Å². The average Bonchev–Trinajstić information content (AvgIpc) is 3.39. The van der Waals surface area contributed by atoms with E-state index in [9.17, 15) is 14.4 Å². The van der Waals surface area contributed by atoms with Gasteiger partial charge in [-0.05, 0) is 81.7 Å². The molecule has 0 radical (unpaired) electrons. The Bertz CT molecular complexity index is 1390. The van der Waals surface area contributed by atoms with Crippen LogP contribution in [0.1, 0.15) is 41.5 Å². The molecule has 3 heterocycles. The second-order valence-corrected chi connectivity index (χ2v) is 8.98. The summed E-state index contributed by atoms with van der Waals surface area (Å²) in [5, 5.41) is 12.7. The number of piperidine rings is 1. The van der Waals surface area contributed by atoms with Gasteiger partial charge in [0.25, 0.3) is 0 Å². The van der Waals surface area contributed by atoms with E-state index in [2.05, 4.69) is 21.3 Å². The number of likely N-dealkylation sites (tertiary alicyclic amines) is 1. The van der Waals surface area contributed by atoms with E-state index in [1.807, 2.05) is 38.1 Å². The SMILES string of the molecule is Cc1c(C#N)c(NC(=O)CN2CCC(c3nc4ccccc4o3)CC2)n(-c2ccc(F)cc2)c1C. The molecule has 7 nitrogen and oxygen atoms in total. The van der Waals surface area contributed by atoms with Crippen molar-refractivity contribution in [1.82, 2.24) is 14.5 Å². The number of hydrogen-bond donors (Lipinski definition) is 1. The Hall–Kier alpha value is -3.96. The van der Waals surface area contributed by atoms with Gasteiger partial charge in [-0.15, -0.1) is 0 Å². The van der Waals surface area contributed by atoms with Crippen LogP contribution in [-0.4, -0.2) is 40.0 Å². The minimum Gasteiger partial charge on any atom is -0.440 e. The van der Waals surface area contributed by atoms with E-state index in [0.29, 0.717) is 17.1 Å². The number of oxazole rings is 1. The van der Waals surface area contributed by atoms with E-state index in [1.165, 1.54) is 12.1 Å². The van der Waals surface area contributed by atoms with Gasteiger partial charge >= 0.3 is 0 Å². The van der Waals surface area contributed by atoms with Gasteiger partial charge in [-0.1, -0.05) is 12.1 Å². The van der Waals surface area contributed by atoms with Crippen molar-refractivity contribution >= 4 is 22.8 Å². The minimum absolute atomic E-state index is 0.192. The maximum absolute atomic E-state index is 13.5. The summed E-state index contributed by atoms with van der Waals surface area (Å²) in [7, 11) is 0. The summed E-state index contributed by atoms with van der Waals surface area (Å²) in [4.78, 5) is 19.7. The van der Waals surface area contributed by atoms with E-state index in [-0.39, 0.29) is 24.2 Å². The lowest BCUT2D eigenvalue weighted by Gasteiger charge is -2.30. The fourth-order valence-electron chi connectivity index (χ4n) is 4.75. The fourth-order valence-corrected chi connectivity index (χ4v) is 4.75. The Morgan fingerprint density at radius 1 is 1.17 bits per heavy atom. The Morgan fingerprint density at radius 3 is 2.57 bits per heavy atom. The highest BCUT2D eigenvalue weighted by Crippen LogP contribution is 2.31. The summed E-state index contributed by atoms with van der Waals surface area (Å²) in [6.07, 6.45) is 1.71. The number of amides is 1. The smallest absolute Gasteiger partial charge is 0.239 e. The first-order valence-corrected chi connectivity index (χ1v) is 11.7. The molecule has 35 heavy (non-hydrogen) atoms. The summed E-state index contributed by atoms with van der Waals surface area (Å²) < 4.78 is 21.2. The highest BCUT2D eigenvalue weighted by molar-refractivity contribution is 5.93. The number of anilines is 1. The quantitative estimate of drug-likeness (QED) is 0.439. The van der Waals surface area contributed by atoms with Crippen molar-refractivity contribution in [2.24, 2.45) is 0 Å². The Balaban J connectivity index is 1.27. The predicted molar refractivity (Wildman–Crippen MR) is 131 cm³/mol. The van der Waals surface area contributed by atoms with Crippen LogP contribution in [-0.2, 0) is 4.79 Å². The van der Waals surface area contributed by atoms with Crippen molar-refractivity contribution in [2.45, 2.75) is 32.6 Å². The Labute approximate surface area is 202 Å². The van der Waals surface area contributed by atoms with Gasteiger partial charge in [0.2, 0.25) is 5.91 Å². The first-order valence-electron chi connectivity index (χ1n) is 11.7. The third-order valence-electron chi connectivity index (χ3n) is 6.78. The molecule has 0 bridgehead atoms. The van der Waals surface area contributed by atoms with Gasteiger partial charge in [0.15, 0.2) is 11.5 Å². The number of rotatable bonds is 5. The standard InChI is InChI=1S/C27H26FN5O2/c1-17-18(2)33(21-9-7-20(28)8-10-21)26(22(17)15-29)31-25(34)16-32-13-11-19(12-14-32)27-30-23-5-3-4-6-24(23)35-27/h3-10,19H,11-14,16H2,1-2H3,(H,31,34). The van der Waals surface area contributed by atoms with Crippen molar-refractivity contribution in [3.05, 3.63) is 77.1 Å². The summed E-state index contributed by atoms with van der Waals surface area (Å²) in [6.45, 7) is 5.45. The van der Waals surface area contributed by atoms with Crippen LogP contribution in [0, 0.1) is 31.0 Å². The zero-order valence-electron chi connectivity index (χ0n) is 19.7. The molecule has 2 aromatic carbocycles. The second-order valence-electron chi connectivity index (χ2n) is 8.98. The number of nitrogens with one attached hydrogen (secondary N) is 1. The van der Waals surface area contributed by atoms with Gasteiger partial charge in [-0.2, -0.15) is 5.26 Å². The summed E-state index contributed by atoms with van der Waals surface area (Å²) in [5.74, 6) is 0.871. The number of halogens is 1. The van der Waals surface area contributed by atoms with Crippen molar-refractivity contribution in [2.75, 3.05) is 25.0 Å². The molecule has 0 spiro atoms. The Morgan fingerprint density at radius 2 is 1.89 bits per heavy atom. The Kier molecular flexibility index (Phi) is 6.10. The monoisotopic (exact) mass is 471 g/mol. The summed E-state index contributed by atoms with van der Waals surface area (Å²) in [5.41, 5.74) is 4.37. The lowest BCUT2D eigenvalue weighted by atomic mass is 9.97. The number of nitrogens with zero attached hydrogens (tertiary/aromatic N) is 4. The van der Waals surface area contributed by atoms with Crippen LogP contribution in [0.25, 0.3) is 16.8 Å². The number of benzene rings is 2. The van der Waals surface area contributed by atoms with Crippen molar-refractivity contribution in [3.63, 3.8) is 0 Å². The van der Waals surface area contributed by atoms with Crippen LogP contribution in [0.2, 0.25) is 0 Å². The number of fused-ring (bicyclic) bond motifs is 1. The second kappa shape index (κ2) is 9.35. The first kappa shape index (κ1) is 22.8.